The molecule has 0 amide bonds. The first-order valence-corrected chi connectivity index (χ1v) is 6.48. The number of nitriles is 1. The van der Waals surface area contributed by atoms with Crippen molar-refractivity contribution in [3.05, 3.63) is 18.6 Å². The minimum absolute atomic E-state index is 0.508. The van der Waals surface area contributed by atoms with Crippen molar-refractivity contribution < 1.29 is 0 Å². The molecule has 19 heavy (non-hydrogen) atoms. The Morgan fingerprint density at radius 2 is 2.42 bits per heavy atom. The van der Waals surface area contributed by atoms with Gasteiger partial charge in [-0.1, -0.05) is 0 Å². The Morgan fingerprint density at radius 1 is 1.58 bits per heavy atom. The molecular weight excluding hydrogens is 240 g/mol. The van der Waals surface area contributed by atoms with Crippen molar-refractivity contribution in [2.24, 2.45) is 0 Å². The van der Waals surface area contributed by atoms with Gasteiger partial charge in [0.25, 0.3) is 0 Å². The van der Waals surface area contributed by atoms with Crippen molar-refractivity contribution >= 4 is 17.3 Å². The van der Waals surface area contributed by atoms with E-state index in [1.54, 1.807) is 6.20 Å². The third-order valence-electron chi connectivity index (χ3n) is 3.34. The van der Waals surface area contributed by atoms with E-state index in [4.69, 9.17) is 5.26 Å². The van der Waals surface area contributed by atoms with Gasteiger partial charge in [0.2, 0.25) is 0 Å². The monoisotopic (exact) mass is 256 g/mol. The van der Waals surface area contributed by atoms with Crippen molar-refractivity contribution in [3.8, 4) is 6.07 Å². The van der Waals surface area contributed by atoms with Crippen LogP contribution < -0.4 is 10.2 Å². The fraction of sp³-hybridized carbons (Fsp3) is 0.462. The van der Waals surface area contributed by atoms with Gasteiger partial charge < -0.3 is 14.6 Å². The van der Waals surface area contributed by atoms with E-state index in [0.29, 0.717) is 19.0 Å². The van der Waals surface area contributed by atoms with Crippen LogP contribution in [0, 0.1) is 11.3 Å². The van der Waals surface area contributed by atoms with Crippen molar-refractivity contribution in [2.45, 2.75) is 25.3 Å². The lowest BCUT2D eigenvalue weighted by Crippen LogP contribution is -2.28. The van der Waals surface area contributed by atoms with Crippen LogP contribution in [0.25, 0.3) is 5.65 Å². The Morgan fingerprint density at radius 3 is 3.11 bits per heavy atom. The molecule has 0 bridgehead atoms. The molecular formula is C13H16N6. The number of nitrogens with zero attached hydrogens (tertiary/aromatic N) is 5. The number of rotatable bonds is 5. The van der Waals surface area contributed by atoms with Crippen LogP contribution in [0.15, 0.2) is 18.6 Å². The molecule has 2 aromatic rings. The Kier molecular flexibility index (Phi) is 2.95. The molecule has 1 aliphatic carbocycles. The number of hydrogen-bond donors (Lipinski definition) is 1. The number of hydrogen-bond acceptors (Lipinski definition) is 5. The smallest absolute Gasteiger partial charge is 0.180 e. The first-order valence-electron chi connectivity index (χ1n) is 6.48. The second-order valence-corrected chi connectivity index (χ2v) is 4.69. The first kappa shape index (κ1) is 11.8. The van der Waals surface area contributed by atoms with Gasteiger partial charge in [0, 0.05) is 32.0 Å². The van der Waals surface area contributed by atoms with Gasteiger partial charge in [-0.15, -0.1) is 0 Å². The summed E-state index contributed by atoms with van der Waals surface area (Å²) in [5.41, 5.74) is 0.851. The highest BCUT2D eigenvalue weighted by molar-refractivity contribution is 5.67. The summed E-state index contributed by atoms with van der Waals surface area (Å²) < 4.78 is 1.97. The summed E-state index contributed by atoms with van der Waals surface area (Å²) in [6.45, 7) is 0.712. The highest BCUT2D eigenvalue weighted by Gasteiger charge is 2.31. The van der Waals surface area contributed by atoms with Crippen molar-refractivity contribution in [3.63, 3.8) is 0 Å². The van der Waals surface area contributed by atoms with Crippen molar-refractivity contribution in [1.82, 2.24) is 14.4 Å². The van der Waals surface area contributed by atoms with Crippen LogP contribution in [0.3, 0.4) is 0 Å². The average molecular weight is 256 g/mol. The molecule has 0 spiro atoms. The molecule has 2 aromatic heterocycles. The summed E-state index contributed by atoms with van der Waals surface area (Å²) in [5.74, 6) is 1.68. The van der Waals surface area contributed by atoms with Crippen LogP contribution in [0.5, 0.6) is 0 Å². The molecule has 0 aromatic carbocycles. The van der Waals surface area contributed by atoms with Gasteiger partial charge in [-0.05, 0) is 12.8 Å². The quantitative estimate of drug-likeness (QED) is 0.881. The highest BCUT2D eigenvalue weighted by atomic mass is 15.3. The van der Waals surface area contributed by atoms with Gasteiger partial charge in [0.1, 0.15) is 5.82 Å². The molecule has 6 heteroatoms. The summed E-state index contributed by atoms with van der Waals surface area (Å²) in [6, 6.07) is 2.72. The summed E-state index contributed by atoms with van der Waals surface area (Å²) in [4.78, 5) is 11.2. The number of anilines is 2. The largest absolute Gasteiger partial charge is 0.372 e. The van der Waals surface area contributed by atoms with Gasteiger partial charge >= 0.3 is 0 Å². The molecule has 0 saturated heterocycles. The normalized spacial score (nSPS) is 14.3. The summed E-state index contributed by atoms with van der Waals surface area (Å²) in [7, 11) is 1.85. The minimum atomic E-state index is 0.508. The maximum Gasteiger partial charge on any atom is 0.180 e. The summed E-state index contributed by atoms with van der Waals surface area (Å²) in [5, 5.41) is 11.9. The maximum absolute atomic E-state index is 8.81. The van der Waals surface area contributed by atoms with Crippen LogP contribution in [-0.2, 0) is 0 Å². The predicted molar refractivity (Wildman–Crippen MR) is 73.1 cm³/mol. The van der Waals surface area contributed by atoms with E-state index in [1.165, 1.54) is 12.8 Å². The molecule has 0 aliphatic heterocycles. The third-order valence-corrected chi connectivity index (χ3v) is 3.34. The highest BCUT2D eigenvalue weighted by Crippen LogP contribution is 2.33. The standard InChI is InChI=1S/C13H16N6/c1-15-11-9-18-8-6-16-12(18)13(17-11)19(7-2-5-14)10-3-4-10/h6,8-10,15H,2-4,7H2,1H3. The lowest BCUT2D eigenvalue weighted by Gasteiger charge is -2.23. The lowest BCUT2D eigenvalue weighted by atomic mass is 10.3. The van der Waals surface area contributed by atoms with E-state index in [-0.39, 0.29) is 0 Å². The van der Waals surface area contributed by atoms with E-state index >= 15 is 0 Å². The van der Waals surface area contributed by atoms with Gasteiger partial charge in [-0.2, -0.15) is 5.26 Å². The fourth-order valence-corrected chi connectivity index (χ4v) is 2.25. The van der Waals surface area contributed by atoms with Crippen LogP contribution in [0.4, 0.5) is 11.6 Å². The molecule has 0 atom stereocenters. The van der Waals surface area contributed by atoms with Crippen LogP contribution in [-0.4, -0.2) is 34.0 Å². The number of nitrogens with one attached hydrogen (secondary N) is 1. The van der Waals surface area contributed by atoms with E-state index in [2.05, 4.69) is 26.3 Å². The molecule has 2 heterocycles. The molecule has 6 nitrogen and oxygen atoms in total. The molecule has 98 valence electrons. The number of fused-ring (bicyclic) bond motifs is 1. The summed E-state index contributed by atoms with van der Waals surface area (Å²) >= 11 is 0. The minimum Gasteiger partial charge on any atom is -0.372 e. The fourth-order valence-electron chi connectivity index (χ4n) is 2.25. The summed E-state index contributed by atoms with van der Waals surface area (Å²) in [6.07, 6.45) is 8.45. The Hall–Kier alpha value is -2.29. The van der Waals surface area contributed by atoms with Crippen molar-refractivity contribution in [2.75, 3.05) is 23.8 Å². The second-order valence-electron chi connectivity index (χ2n) is 4.69. The van der Waals surface area contributed by atoms with E-state index in [1.807, 2.05) is 23.8 Å². The van der Waals surface area contributed by atoms with E-state index in [9.17, 15) is 0 Å². The van der Waals surface area contributed by atoms with Gasteiger partial charge in [0.15, 0.2) is 11.5 Å². The number of imidazole rings is 1. The zero-order valence-electron chi connectivity index (χ0n) is 10.9. The molecule has 3 rings (SSSR count). The van der Waals surface area contributed by atoms with Gasteiger partial charge in [-0.25, -0.2) is 9.97 Å². The molecule has 0 radical (unpaired) electrons. The predicted octanol–water partition coefficient (Wildman–Crippen LogP) is 1.65. The maximum atomic E-state index is 8.81. The second kappa shape index (κ2) is 4.76. The molecule has 0 unspecified atom stereocenters. The van der Waals surface area contributed by atoms with Gasteiger partial charge in [0.05, 0.1) is 18.7 Å². The molecule has 1 fully saturated rings. The van der Waals surface area contributed by atoms with Crippen LogP contribution in [0.1, 0.15) is 19.3 Å². The Balaban J connectivity index is 2.05. The average Bonchev–Trinajstić information content (AvgIpc) is 3.16. The number of aromatic nitrogens is 3. The van der Waals surface area contributed by atoms with Crippen LogP contribution >= 0.6 is 0 Å². The molecule has 1 saturated carbocycles. The Labute approximate surface area is 111 Å². The Bertz CT molecular complexity index is 622. The van der Waals surface area contributed by atoms with Crippen molar-refractivity contribution in [1.29, 1.82) is 5.26 Å². The first-order chi connectivity index (χ1) is 9.33. The van der Waals surface area contributed by atoms with Gasteiger partial charge in [-0.3, -0.25) is 0 Å². The third kappa shape index (κ3) is 2.19. The molecule has 1 aliphatic rings. The molecule has 1 N–H and O–H groups in total. The van der Waals surface area contributed by atoms with E-state index < -0.39 is 0 Å². The zero-order chi connectivity index (χ0) is 13.2. The van der Waals surface area contributed by atoms with E-state index in [0.717, 1.165) is 17.3 Å². The topological polar surface area (TPSA) is 69.2 Å². The SMILES string of the molecule is CNc1cn2ccnc2c(N(CCC#N)C2CC2)n1. The zero-order valence-corrected chi connectivity index (χ0v) is 10.9. The lowest BCUT2D eigenvalue weighted by molar-refractivity contribution is 0.777. The van der Waals surface area contributed by atoms with Crippen LogP contribution in [0.2, 0.25) is 0 Å².